The van der Waals surface area contributed by atoms with Crippen molar-refractivity contribution in [1.82, 2.24) is 4.90 Å². The zero-order chi connectivity index (χ0) is 14.7. The molecule has 1 unspecified atom stereocenters. The van der Waals surface area contributed by atoms with E-state index in [1.165, 1.54) is 4.90 Å². The summed E-state index contributed by atoms with van der Waals surface area (Å²) in [5.41, 5.74) is 6.62. The lowest BCUT2D eigenvalue weighted by atomic mass is 10.1. The van der Waals surface area contributed by atoms with Crippen LogP contribution in [-0.2, 0) is 9.53 Å². The number of carboxylic acids is 1. The van der Waals surface area contributed by atoms with Crippen molar-refractivity contribution in [3.8, 4) is 0 Å². The molecule has 7 heteroatoms. The first-order valence-electron chi connectivity index (χ1n) is 6.14. The third-order valence-corrected chi connectivity index (χ3v) is 3.81. The summed E-state index contributed by atoms with van der Waals surface area (Å²) in [7, 11) is 0. The van der Waals surface area contributed by atoms with E-state index in [1.807, 2.05) is 0 Å². The number of aliphatic carboxylic acids is 1. The normalized spacial score (nSPS) is 18.9. The average molecular weight is 343 g/mol. The molecule has 1 saturated heterocycles. The van der Waals surface area contributed by atoms with E-state index in [0.29, 0.717) is 28.9 Å². The number of benzene rings is 1. The van der Waals surface area contributed by atoms with Gasteiger partial charge in [-0.25, -0.2) is 0 Å². The molecule has 0 radical (unpaired) electrons. The molecule has 0 saturated carbocycles. The fourth-order valence-electron chi connectivity index (χ4n) is 2.15. The fraction of sp³-hybridized carbons (Fsp3) is 0.385. The van der Waals surface area contributed by atoms with Crippen LogP contribution in [0.25, 0.3) is 0 Å². The number of nitrogen functional groups attached to an aromatic ring is 1. The number of carboxylic acid groups (broad SMARTS) is 1. The number of anilines is 1. The van der Waals surface area contributed by atoms with Gasteiger partial charge in [-0.3, -0.25) is 9.59 Å². The first-order valence-corrected chi connectivity index (χ1v) is 6.94. The number of carbonyl (C=O) groups is 2. The van der Waals surface area contributed by atoms with Crippen molar-refractivity contribution in [3.63, 3.8) is 0 Å². The standard InChI is InChI=1S/C13H15BrN2O4/c14-11-2-1-8(15)5-10(11)13(19)16-3-4-20-7-9(16)6-12(17)18/h1-2,5,9H,3-4,6-7,15H2,(H,17,18). The van der Waals surface area contributed by atoms with Gasteiger partial charge in [0, 0.05) is 16.7 Å². The lowest BCUT2D eigenvalue weighted by molar-refractivity contribution is -0.139. The Hall–Kier alpha value is -1.60. The van der Waals surface area contributed by atoms with Crippen LogP contribution >= 0.6 is 15.9 Å². The molecular formula is C13H15BrN2O4. The molecule has 0 aromatic heterocycles. The number of hydrogen-bond acceptors (Lipinski definition) is 4. The lowest BCUT2D eigenvalue weighted by Gasteiger charge is -2.35. The van der Waals surface area contributed by atoms with Crippen LogP contribution in [0.3, 0.4) is 0 Å². The number of ether oxygens (including phenoxy) is 1. The van der Waals surface area contributed by atoms with E-state index in [2.05, 4.69) is 15.9 Å². The predicted molar refractivity (Wildman–Crippen MR) is 76.5 cm³/mol. The third kappa shape index (κ3) is 3.29. The summed E-state index contributed by atoms with van der Waals surface area (Å²) >= 11 is 3.32. The zero-order valence-electron chi connectivity index (χ0n) is 10.7. The van der Waals surface area contributed by atoms with Crippen LogP contribution in [0.2, 0.25) is 0 Å². The van der Waals surface area contributed by atoms with Gasteiger partial charge in [0.1, 0.15) is 0 Å². The van der Waals surface area contributed by atoms with Crippen molar-refractivity contribution in [1.29, 1.82) is 0 Å². The third-order valence-electron chi connectivity index (χ3n) is 3.12. The molecule has 0 aliphatic carbocycles. The van der Waals surface area contributed by atoms with Gasteiger partial charge in [0.15, 0.2) is 0 Å². The second kappa shape index (κ2) is 6.23. The second-order valence-corrected chi connectivity index (χ2v) is 5.42. The van der Waals surface area contributed by atoms with E-state index < -0.39 is 12.0 Å². The Kier molecular flexibility index (Phi) is 4.61. The molecule has 1 aliphatic rings. The quantitative estimate of drug-likeness (QED) is 0.808. The highest BCUT2D eigenvalue weighted by Crippen LogP contribution is 2.23. The summed E-state index contributed by atoms with van der Waals surface area (Å²) in [5.74, 6) is -1.19. The van der Waals surface area contributed by atoms with Crippen molar-refractivity contribution in [2.45, 2.75) is 12.5 Å². The Bertz CT molecular complexity index is 535. The van der Waals surface area contributed by atoms with Crippen molar-refractivity contribution >= 4 is 33.5 Å². The molecule has 1 aromatic rings. The minimum atomic E-state index is -0.954. The van der Waals surface area contributed by atoms with Crippen LogP contribution in [0, 0.1) is 0 Å². The summed E-state index contributed by atoms with van der Waals surface area (Å²) in [6.07, 6.45) is -0.133. The van der Waals surface area contributed by atoms with Crippen LogP contribution < -0.4 is 5.73 Å². The number of nitrogens with zero attached hydrogens (tertiary/aromatic N) is 1. The van der Waals surface area contributed by atoms with Crippen LogP contribution in [-0.4, -0.2) is 47.7 Å². The molecule has 20 heavy (non-hydrogen) atoms. The Balaban J connectivity index is 2.25. The van der Waals surface area contributed by atoms with Gasteiger partial charge in [0.2, 0.25) is 0 Å². The second-order valence-electron chi connectivity index (χ2n) is 4.56. The maximum Gasteiger partial charge on any atom is 0.305 e. The molecule has 1 heterocycles. The number of halogens is 1. The molecule has 108 valence electrons. The van der Waals surface area contributed by atoms with E-state index in [0.717, 1.165) is 0 Å². The largest absolute Gasteiger partial charge is 0.481 e. The number of hydrogen-bond donors (Lipinski definition) is 2. The van der Waals surface area contributed by atoms with E-state index in [9.17, 15) is 9.59 Å². The van der Waals surface area contributed by atoms with Crippen LogP contribution in [0.15, 0.2) is 22.7 Å². The molecule has 0 spiro atoms. The molecule has 1 aromatic carbocycles. The van der Waals surface area contributed by atoms with E-state index >= 15 is 0 Å². The molecule has 1 fully saturated rings. The van der Waals surface area contributed by atoms with Gasteiger partial charge in [-0.05, 0) is 34.1 Å². The first kappa shape index (κ1) is 14.8. The van der Waals surface area contributed by atoms with Crippen molar-refractivity contribution in [3.05, 3.63) is 28.2 Å². The Labute approximate surface area is 124 Å². The van der Waals surface area contributed by atoms with Crippen LogP contribution in [0.4, 0.5) is 5.69 Å². The highest BCUT2D eigenvalue weighted by atomic mass is 79.9. The lowest BCUT2D eigenvalue weighted by Crippen LogP contribution is -2.49. The van der Waals surface area contributed by atoms with Gasteiger partial charge in [-0.15, -0.1) is 0 Å². The van der Waals surface area contributed by atoms with Crippen LogP contribution in [0.1, 0.15) is 16.8 Å². The molecule has 1 amide bonds. The summed E-state index contributed by atoms with van der Waals surface area (Å²) in [6, 6.07) is 4.52. The predicted octanol–water partition coefficient (Wildman–Crippen LogP) is 1.35. The van der Waals surface area contributed by atoms with Gasteiger partial charge in [-0.2, -0.15) is 0 Å². The molecule has 3 N–H and O–H groups in total. The molecule has 0 bridgehead atoms. The van der Waals surface area contributed by atoms with E-state index in [1.54, 1.807) is 18.2 Å². The minimum Gasteiger partial charge on any atom is -0.481 e. The van der Waals surface area contributed by atoms with Gasteiger partial charge >= 0.3 is 5.97 Å². The average Bonchev–Trinajstić information content (AvgIpc) is 2.41. The van der Waals surface area contributed by atoms with Crippen molar-refractivity contribution < 1.29 is 19.4 Å². The summed E-state index contributed by atoms with van der Waals surface area (Å²) in [6.45, 7) is 1.01. The highest BCUT2D eigenvalue weighted by Gasteiger charge is 2.30. The smallest absolute Gasteiger partial charge is 0.305 e. The van der Waals surface area contributed by atoms with Crippen molar-refractivity contribution in [2.75, 3.05) is 25.5 Å². The van der Waals surface area contributed by atoms with Gasteiger partial charge in [0.05, 0.1) is 31.2 Å². The zero-order valence-corrected chi connectivity index (χ0v) is 12.3. The maximum absolute atomic E-state index is 12.6. The number of amides is 1. The topological polar surface area (TPSA) is 92.9 Å². The fourth-order valence-corrected chi connectivity index (χ4v) is 2.57. The van der Waals surface area contributed by atoms with E-state index in [4.69, 9.17) is 15.6 Å². The minimum absolute atomic E-state index is 0.133. The molecule has 1 atom stereocenters. The van der Waals surface area contributed by atoms with Crippen LogP contribution in [0.5, 0.6) is 0 Å². The number of carbonyl (C=O) groups excluding carboxylic acids is 1. The number of morpholine rings is 1. The molecule has 1 aliphatic heterocycles. The summed E-state index contributed by atoms with van der Waals surface area (Å²) in [5, 5.41) is 8.91. The molecular weight excluding hydrogens is 328 g/mol. The maximum atomic E-state index is 12.6. The number of nitrogens with two attached hydrogens (primary N) is 1. The highest BCUT2D eigenvalue weighted by molar-refractivity contribution is 9.10. The SMILES string of the molecule is Nc1ccc(Br)c(C(=O)N2CCOCC2CC(=O)O)c1. The molecule has 6 nitrogen and oxygen atoms in total. The Morgan fingerprint density at radius 3 is 2.95 bits per heavy atom. The molecule has 2 rings (SSSR count). The monoisotopic (exact) mass is 342 g/mol. The first-order chi connectivity index (χ1) is 9.49. The Morgan fingerprint density at radius 2 is 2.25 bits per heavy atom. The Morgan fingerprint density at radius 1 is 1.50 bits per heavy atom. The summed E-state index contributed by atoms with van der Waals surface area (Å²) in [4.78, 5) is 25.0. The van der Waals surface area contributed by atoms with Crippen molar-refractivity contribution in [2.24, 2.45) is 0 Å². The van der Waals surface area contributed by atoms with Gasteiger partial charge in [0.25, 0.3) is 5.91 Å². The van der Waals surface area contributed by atoms with E-state index in [-0.39, 0.29) is 18.9 Å². The summed E-state index contributed by atoms with van der Waals surface area (Å²) < 4.78 is 5.90. The van der Waals surface area contributed by atoms with Gasteiger partial charge in [-0.1, -0.05) is 0 Å². The van der Waals surface area contributed by atoms with Gasteiger partial charge < -0.3 is 20.5 Å². The number of rotatable bonds is 3.